The number of benzene rings is 1. The van der Waals surface area contributed by atoms with Crippen LogP contribution in [0.2, 0.25) is 0 Å². The molecule has 1 heterocycles. The van der Waals surface area contributed by atoms with Crippen molar-refractivity contribution < 1.29 is 4.79 Å². The van der Waals surface area contributed by atoms with Gasteiger partial charge in [-0.25, -0.2) is 10.8 Å². The van der Waals surface area contributed by atoms with Crippen molar-refractivity contribution >= 4 is 11.7 Å². The summed E-state index contributed by atoms with van der Waals surface area (Å²) in [7, 11) is 0. The van der Waals surface area contributed by atoms with Crippen LogP contribution in [0.15, 0.2) is 42.6 Å². The Hall–Kier alpha value is -2.40. The molecule has 0 spiro atoms. The van der Waals surface area contributed by atoms with Crippen LogP contribution in [-0.2, 0) is 6.54 Å². The Kier molecular flexibility index (Phi) is 4.10. The van der Waals surface area contributed by atoms with Crippen LogP contribution in [0.3, 0.4) is 0 Å². The molecule has 2 rings (SSSR count). The van der Waals surface area contributed by atoms with Gasteiger partial charge in [-0.2, -0.15) is 0 Å². The fraction of sp³-hybridized carbons (Fsp3) is 0.143. The first kappa shape index (κ1) is 13.0. The number of anilines is 1. The lowest BCUT2D eigenvalue weighted by atomic mass is 10.1. The third kappa shape index (κ3) is 3.53. The standard InChI is InChI=1S/C14H16N4O/c1-10-3-2-4-11(7-10)8-16-13-6-5-12(9-17-13)14(19)18-15/h2-7,9H,8,15H2,1H3,(H,16,17)(H,18,19). The lowest BCUT2D eigenvalue weighted by Crippen LogP contribution is -2.30. The molecule has 0 saturated carbocycles. The van der Waals surface area contributed by atoms with Crippen LogP contribution in [0.5, 0.6) is 0 Å². The molecule has 4 N–H and O–H groups in total. The number of hydrogen-bond acceptors (Lipinski definition) is 4. The molecule has 5 heteroatoms. The molecule has 0 radical (unpaired) electrons. The topological polar surface area (TPSA) is 80.0 Å². The van der Waals surface area contributed by atoms with Gasteiger partial charge < -0.3 is 5.32 Å². The zero-order chi connectivity index (χ0) is 13.7. The van der Waals surface area contributed by atoms with Gasteiger partial charge in [0.05, 0.1) is 5.56 Å². The van der Waals surface area contributed by atoms with Gasteiger partial charge in [0.25, 0.3) is 5.91 Å². The van der Waals surface area contributed by atoms with E-state index in [1.165, 1.54) is 17.3 Å². The molecule has 0 aliphatic heterocycles. The highest BCUT2D eigenvalue weighted by atomic mass is 16.2. The van der Waals surface area contributed by atoms with Crippen molar-refractivity contribution in [1.82, 2.24) is 10.4 Å². The van der Waals surface area contributed by atoms with Crippen LogP contribution in [0.1, 0.15) is 21.5 Å². The molecule has 0 bridgehead atoms. The average molecular weight is 256 g/mol. The summed E-state index contributed by atoms with van der Waals surface area (Å²) < 4.78 is 0. The summed E-state index contributed by atoms with van der Waals surface area (Å²) in [6.07, 6.45) is 1.49. The van der Waals surface area contributed by atoms with E-state index in [0.717, 1.165) is 5.82 Å². The quantitative estimate of drug-likeness (QED) is 0.441. The van der Waals surface area contributed by atoms with Gasteiger partial charge in [0.2, 0.25) is 0 Å². The van der Waals surface area contributed by atoms with Crippen molar-refractivity contribution in [3.63, 3.8) is 0 Å². The molecule has 2 aromatic rings. The van der Waals surface area contributed by atoms with Gasteiger partial charge >= 0.3 is 0 Å². The Balaban J connectivity index is 1.98. The van der Waals surface area contributed by atoms with Crippen LogP contribution in [0.4, 0.5) is 5.82 Å². The van der Waals surface area contributed by atoms with E-state index in [2.05, 4.69) is 40.8 Å². The van der Waals surface area contributed by atoms with Crippen molar-refractivity contribution in [1.29, 1.82) is 0 Å². The number of hydrogen-bond donors (Lipinski definition) is 3. The lowest BCUT2D eigenvalue weighted by Gasteiger charge is -2.07. The van der Waals surface area contributed by atoms with Gasteiger partial charge in [-0.15, -0.1) is 0 Å². The maximum absolute atomic E-state index is 11.2. The van der Waals surface area contributed by atoms with Gasteiger partial charge in [0.15, 0.2) is 0 Å². The van der Waals surface area contributed by atoms with Crippen LogP contribution in [-0.4, -0.2) is 10.9 Å². The van der Waals surface area contributed by atoms with E-state index in [1.54, 1.807) is 12.1 Å². The minimum Gasteiger partial charge on any atom is -0.366 e. The molecule has 5 nitrogen and oxygen atoms in total. The molecule has 0 atom stereocenters. The minimum atomic E-state index is -0.349. The maximum Gasteiger partial charge on any atom is 0.266 e. The summed E-state index contributed by atoms with van der Waals surface area (Å²) in [4.78, 5) is 15.4. The zero-order valence-corrected chi connectivity index (χ0v) is 10.7. The molecule has 0 aliphatic rings. The monoisotopic (exact) mass is 256 g/mol. The highest BCUT2D eigenvalue weighted by Crippen LogP contribution is 2.09. The number of rotatable bonds is 4. The van der Waals surface area contributed by atoms with E-state index in [4.69, 9.17) is 5.84 Å². The van der Waals surface area contributed by atoms with Crippen molar-refractivity contribution in [2.75, 3.05) is 5.32 Å². The van der Waals surface area contributed by atoms with Crippen molar-refractivity contribution in [2.24, 2.45) is 5.84 Å². The molecule has 1 aromatic carbocycles. The number of nitrogens with two attached hydrogens (primary N) is 1. The van der Waals surface area contributed by atoms with Crippen molar-refractivity contribution in [2.45, 2.75) is 13.5 Å². The third-order valence-corrected chi connectivity index (χ3v) is 2.71. The molecular formula is C14H16N4O. The molecule has 1 aromatic heterocycles. The summed E-state index contributed by atoms with van der Waals surface area (Å²) in [5.41, 5.74) is 4.91. The summed E-state index contributed by atoms with van der Waals surface area (Å²) >= 11 is 0. The smallest absolute Gasteiger partial charge is 0.266 e. The number of nitrogens with one attached hydrogen (secondary N) is 2. The number of carbonyl (C=O) groups is 1. The van der Waals surface area contributed by atoms with Crippen LogP contribution in [0, 0.1) is 6.92 Å². The molecular weight excluding hydrogens is 240 g/mol. The maximum atomic E-state index is 11.2. The van der Waals surface area contributed by atoms with Gasteiger partial charge in [-0.05, 0) is 24.6 Å². The normalized spacial score (nSPS) is 10.0. The first-order valence-corrected chi connectivity index (χ1v) is 5.95. The molecule has 19 heavy (non-hydrogen) atoms. The van der Waals surface area contributed by atoms with Gasteiger partial charge in [-0.3, -0.25) is 10.2 Å². The molecule has 1 amide bonds. The number of carbonyl (C=O) groups excluding carboxylic acids is 1. The third-order valence-electron chi connectivity index (χ3n) is 2.71. The van der Waals surface area contributed by atoms with Gasteiger partial charge in [0, 0.05) is 12.7 Å². The Morgan fingerprint density at radius 3 is 2.79 bits per heavy atom. The number of aryl methyl sites for hydroxylation is 1. The summed E-state index contributed by atoms with van der Waals surface area (Å²) in [5, 5.41) is 3.20. The SMILES string of the molecule is Cc1cccc(CNc2ccc(C(=O)NN)cn2)c1. The molecule has 0 aliphatic carbocycles. The predicted octanol–water partition coefficient (Wildman–Crippen LogP) is 1.61. The largest absolute Gasteiger partial charge is 0.366 e. The van der Waals surface area contributed by atoms with E-state index in [0.29, 0.717) is 12.1 Å². The van der Waals surface area contributed by atoms with E-state index >= 15 is 0 Å². The highest BCUT2D eigenvalue weighted by Gasteiger charge is 2.03. The summed E-state index contributed by atoms with van der Waals surface area (Å²) in [5.74, 6) is 5.42. The minimum absolute atomic E-state index is 0.349. The molecule has 0 saturated heterocycles. The first-order valence-electron chi connectivity index (χ1n) is 5.95. The number of nitrogen functional groups attached to an aromatic ring is 1. The fourth-order valence-corrected chi connectivity index (χ4v) is 1.73. The van der Waals surface area contributed by atoms with Gasteiger partial charge in [0.1, 0.15) is 5.82 Å². The van der Waals surface area contributed by atoms with Crippen LogP contribution >= 0.6 is 0 Å². The second-order valence-corrected chi connectivity index (χ2v) is 4.25. The number of aromatic nitrogens is 1. The Bertz CT molecular complexity index is 566. The predicted molar refractivity (Wildman–Crippen MR) is 74.4 cm³/mol. The molecule has 98 valence electrons. The molecule has 0 fully saturated rings. The second-order valence-electron chi connectivity index (χ2n) is 4.25. The van der Waals surface area contributed by atoms with Crippen molar-refractivity contribution in [3.05, 3.63) is 59.3 Å². The Morgan fingerprint density at radius 1 is 1.32 bits per heavy atom. The average Bonchev–Trinajstić information content (AvgIpc) is 2.45. The van der Waals surface area contributed by atoms with E-state index in [1.807, 2.05) is 6.07 Å². The van der Waals surface area contributed by atoms with E-state index in [9.17, 15) is 4.79 Å². The fourth-order valence-electron chi connectivity index (χ4n) is 1.73. The molecule has 0 unspecified atom stereocenters. The lowest BCUT2D eigenvalue weighted by molar-refractivity contribution is 0.0953. The van der Waals surface area contributed by atoms with Crippen LogP contribution in [0.25, 0.3) is 0 Å². The van der Waals surface area contributed by atoms with E-state index < -0.39 is 0 Å². The number of nitrogens with zero attached hydrogens (tertiary/aromatic N) is 1. The highest BCUT2D eigenvalue weighted by molar-refractivity contribution is 5.93. The zero-order valence-electron chi connectivity index (χ0n) is 10.7. The van der Waals surface area contributed by atoms with Crippen molar-refractivity contribution in [3.8, 4) is 0 Å². The number of pyridine rings is 1. The van der Waals surface area contributed by atoms with Gasteiger partial charge in [-0.1, -0.05) is 29.8 Å². The summed E-state index contributed by atoms with van der Waals surface area (Å²) in [6, 6.07) is 11.7. The first-order chi connectivity index (χ1) is 9.19. The van der Waals surface area contributed by atoms with E-state index in [-0.39, 0.29) is 5.91 Å². The number of amides is 1. The second kappa shape index (κ2) is 5.97. The summed E-state index contributed by atoms with van der Waals surface area (Å²) in [6.45, 7) is 2.75. The Labute approximate surface area is 111 Å². The Morgan fingerprint density at radius 2 is 2.16 bits per heavy atom. The van der Waals surface area contributed by atoms with Crippen LogP contribution < -0.4 is 16.6 Å². The number of hydrazine groups is 1.